The molecule has 4 heterocycles. The van der Waals surface area contributed by atoms with E-state index in [4.69, 9.17) is 4.52 Å². The normalized spacial score (nSPS) is 19.8. The number of rotatable bonds is 4. The molecular weight excluding hydrogens is 334 g/mol. The van der Waals surface area contributed by atoms with Gasteiger partial charge in [-0.2, -0.15) is 16.7 Å². The summed E-state index contributed by atoms with van der Waals surface area (Å²) < 4.78 is 5.44. The molecule has 4 rings (SSSR count). The van der Waals surface area contributed by atoms with Crippen LogP contribution in [0.2, 0.25) is 0 Å². The molecule has 2 aliphatic rings. The molecule has 0 saturated carbocycles. The Morgan fingerprint density at radius 1 is 1.00 bits per heavy atom. The van der Waals surface area contributed by atoms with Gasteiger partial charge in [0.1, 0.15) is 5.82 Å². The molecule has 2 saturated heterocycles. The number of aromatic nitrogens is 3. The van der Waals surface area contributed by atoms with Gasteiger partial charge in [0.25, 0.3) is 0 Å². The van der Waals surface area contributed by atoms with Crippen LogP contribution >= 0.6 is 11.8 Å². The summed E-state index contributed by atoms with van der Waals surface area (Å²) in [5, 5.41) is 4.14. The van der Waals surface area contributed by atoms with Crippen LogP contribution in [0.3, 0.4) is 0 Å². The fourth-order valence-electron chi connectivity index (χ4n) is 3.39. The number of nitrogens with zero attached hydrogens (tertiary/aromatic N) is 5. The zero-order valence-electron chi connectivity index (χ0n) is 14.6. The van der Waals surface area contributed by atoms with E-state index in [2.05, 4.69) is 37.1 Å². The van der Waals surface area contributed by atoms with Crippen molar-refractivity contribution >= 4 is 17.6 Å². The van der Waals surface area contributed by atoms with Gasteiger partial charge < -0.3 is 9.42 Å². The Balaban J connectivity index is 1.41. The van der Waals surface area contributed by atoms with Gasteiger partial charge in [-0.05, 0) is 25.0 Å². The van der Waals surface area contributed by atoms with Gasteiger partial charge in [-0.1, -0.05) is 18.0 Å². The predicted octanol–water partition coefficient (Wildman–Crippen LogP) is 3.06. The Morgan fingerprint density at radius 2 is 1.80 bits per heavy atom. The summed E-state index contributed by atoms with van der Waals surface area (Å²) >= 11 is 2.01. The lowest BCUT2D eigenvalue weighted by atomic mass is 10.2. The van der Waals surface area contributed by atoms with Crippen LogP contribution in [0.5, 0.6) is 0 Å². The second kappa shape index (κ2) is 8.19. The summed E-state index contributed by atoms with van der Waals surface area (Å²) in [5.74, 6) is 4.75. The highest BCUT2D eigenvalue weighted by Gasteiger charge is 2.16. The fourth-order valence-corrected chi connectivity index (χ4v) is 4.37. The summed E-state index contributed by atoms with van der Waals surface area (Å²) in [6.45, 7) is 5.13. The molecular formula is C18H25N5OS. The molecule has 0 aliphatic carbocycles. The van der Waals surface area contributed by atoms with Gasteiger partial charge in [0.05, 0.1) is 6.54 Å². The zero-order valence-corrected chi connectivity index (χ0v) is 15.4. The number of hydrogen-bond acceptors (Lipinski definition) is 7. The Hall–Kier alpha value is -1.60. The lowest BCUT2D eigenvalue weighted by Gasteiger charge is -2.24. The number of hydrogen-bond donors (Lipinski definition) is 0. The first-order chi connectivity index (χ1) is 12.4. The Morgan fingerprint density at radius 3 is 2.52 bits per heavy atom. The first-order valence-corrected chi connectivity index (χ1v) is 10.4. The minimum atomic E-state index is 0.635. The van der Waals surface area contributed by atoms with Crippen molar-refractivity contribution in [3.8, 4) is 11.4 Å². The lowest BCUT2D eigenvalue weighted by molar-refractivity contribution is 0.245. The van der Waals surface area contributed by atoms with Crippen LogP contribution in [0.4, 0.5) is 5.82 Å². The van der Waals surface area contributed by atoms with Crippen LogP contribution in [0.25, 0.3) is 11.4 Å². The molecule has 0 amide bonds. The van der Waals surface area contributed by atoms with Crippen molar-refractivity contribution in [3.05, 3.63) is 24.2 Å². The summed E-state index contributed by atoms with van der Waals surface area (Å²) in [5.41, 5.74) is 0.919. The molecule has 0 atom stereocenters. The SMILES string of the molecule is c1cc(N2CCCCCC2)ncc1-c1noc(CN2CCSCC2)n1. The van der Waals surface area contributed by atoms with E-state index in [1.54, 1.807) is 0 Å². The molecule has 0 unspecified atom stereocenters. The molecule has 134 valence electrons. The minimum Gasteiger partial charge on any atom is -0.357 e. The third-order valence-electron chi connectivity index (χ3n) is 4.87. The summed E-state index contributed by atoms with van der Waals surface area (Å²) in [6.07, 6.45) is 7.04. The number of pyridine rings is 1. The molecule has 0 aromatic carbocycles. The van der Waals surface area contributed by atoms with Crippen molar-refractivity contribution in [3.63, 3.8) is 0 Å². The van der Waals surface area contributed by atoms with Gasteiger partial charge in [-0.3, -0.25) is 4.90 Å². The molecule has 2 fully saturated rings. The Bertz CT molecular complexity index is 660. The average molecular weight is 359 g/mol. The average Bonchev–Trinajstić information content (AvgIpc) is 2.95. The van der Waals surface area contributed by atoms with Crippen LogP contribution in [-0.2, 0) is 6.54 Å². The maximum atomic E-state index is 5.44. The second-order valence-corrected chi connectivity index (χ2v) is 7.93. The Kier molecular flexibility index (Phi) is 5.52. The van der Waals surface area contributed by atoms with Gasteiger partial charge in [0.2, 0.25) is 11.7 Å². The third-order valence-corrected chi connectivity index (χ3v) is 5.81. The van der Waals surface area contributed by atoms with Crippen molar-refractivity contribution in [2.45, 2.75) is 32.2 Å². The molecule has 0 spiro atoms. The predicted molar refractivity (Wildman–Crippen MR) is 101 cm³/mol. The molecule has 0 radical (unpaired) electrons. The first-order valence-electron chi connectivity index (χ1n) is 9.22. The minimum absolute atomic E-state index is 0.635. The quantitative estimate of drug-likeness (QED) is 0.831. The third kappa shape index (κ3) is 4.33. The molecule has 25 heavy (non-hydrogen) atoms. The van der Waals surface area contributed by atoms with Crippen LogP contribution < -0.4 is 4.90 Å². The molecule has 7 heteroatoms. The summed E-state index contributed by atoms with van der Waals surface area (Å²) in [4.78, 5) is 13.9. The molecule has 2 aliphatic heterocycles. The van der Waals surface area contributed by atoms with E-state index >= 15 is 0 Å². The molecule has 2 aromatic heterocycles. The van der Waals surface area contributed by atoms with Gasteiger partial charge in [-0.25, -0.2) is 4.98 Å². The fraction of sp³-hybridized carbons (Fsp3) is 0.611. The van der Waals surface area contributed by atoms with E-state index in [1.165, 1.54) is 37.2 Å². The van der Waals surface area contributed by atoms with Gasteiger partial charge in [-0.15, -0.1) is 0 Å². The standard InChI is InChI=1S/C18H25N5OS/c1-2-4-8-23(7-3-1)16-6-5-15(13-19-16)18-20-17(24-21-18)14-22-9-11-25-12-10-22/h5-6,13H,1-4,7-12,14H2. The summed E-state index contributed by atoms with van der Waals surface area (Å²) in [7, 11) is 0. The van der Waals surface area contributed by atoms with Crippen LogP contribution in [0, 0.1) is 0 Å². The van der Waals surface area contributed by atoms with Gasteiger partial charge >= 0.3 is 0 Å². The van der Waals surface area contributed by atoms with Crippen molar-refractivity contribution < 1.29 is 4.52 Å². The van der Waals surface area contributed by atoms with E-state index in [-0.39, 0.29) is 0 Å². The van der Waals surface area contributed by atoms with E-state index in [1.807, 2.05) is 18.0 Å². The number of anilines is 1. The smallest absolute Gasteiger partial charge is 0.241 e. The van der Waals surface area contributed by atoms with Crippen molar-refractivity contribution in [1.82, 2.24) is 20.0 Å². The topological polar surface area (TPSA) is 58.3 Å². The van der Waals surface area contributed by atoms with Gasteiger partial charge in [0.15, 0.2) is 0 Å². The van der Waals surface area contributed by atoms with Crippen LogP contribution in [0.15, 0.2) is 22.9 Å². The molecule has 6 nitrogen and oxygen atoms in total. The first kappa shape index (κ1) is 16.8. The van der Waals surface area contributed by atoms with Crippen molar-refractivity contribution in [2.75, 3.05) is 42.6 Å². The van der Waals surface area contributed by atoms with E-state index in [0.29, 0.717) is 11.7 Å². The van der Waals surface area contributed by atoms with E-state index in [9.17, 15) is 0 Å². The van der Waals surface area contributed by atoms with E-state index < -0.39 is 0 Å². The largest absolute Gasteiger partial charge is 0.357 e. The van der Waals surface area contributed by atoms with Crippen LogP contribution in [0.1, 0.15) is 31.6 Å². The van der Waals surface area contributed by atoms with E-state index in [0.717, 1.165) is 44.1 Å². The zero-order chi connectivity index (χ0) is 16.9. The maximum absolute atomic E-state index is 5.44. The van der Waals surface area contributed by atoms with Crippen molar-refractivity contribution in [2.24, 2.45) is 0 Å². The molecule has 0 bridgehead atoms. The lowest BCUT2D eigenvalue weighted by Crippen LogP contribution is -2.32. The highest BCUT2D eigenvalue weighted by molar-refractivity contribution is 7.99. The monoisotopic (exact) mass is 359 g/mol. The van der Waals surface area contributed by atoms with Crippen LogP contribution in [-0.4, -0.2) is 57.7 Å². The second-order valence-electron chi connectivity index (χ2n) is 6.71. The van der Waals surface area contributed by atoms with Gasteiger partial charge in [0, 0.05) is 49.4 Å². The molecule has 2 aromatic rings. The summed E-state index contributed by atoms with van der Waals surface area (Å²) in [6, 6.07) is 4.14. The maximum Gasteiger partial charge on any atom is 0.241 e. The highest BCUT2D eigenvalue weighted by atomic mass is 32.2. The highest BCUT2D eigenvalue weighted by Crippen LogP contribution is 2.21. The molecule has 0 N–H and O–H groups in total. The van der Waals surface area contributed by atoms with Crippen molar-refractivity contribution in [1.29, 1.82) is 0 Å². The number of thioether (sulfide) groups is 1. The Labute approximate surface area is 153 Å².